The van der Waals surface area contributed by atoms with Crippen LogP contribution in [-0.4, -0.2) is 20.2 Å². The third-order valence-corrected chi connectivity index (χ3v) is 6.61. The Hall–Kier alpha value is -2.18. The first kappa shape index (κ1) is 15.8. The van der Waals surface area contributed by atoms with E-state index in [0.29, 0.717) is 17.8 Å². The first-order chi connectivity index (χ1) is 13.0. The molecule has 2 aromatic heterocycles. The van der Waals surface area contributed by atoms with Gasteiger partial charge in [-0.05, 0) is 65.6 Å². The summed E-state index contributed by atoms with van der Waals surface area (Å²) in [6.07, 6.45) is 0.904. The largest absolute Gasteiger partial charge is 0.224 e. The number of nitrogens with zero attached hydrogens (tertiary/aromatic N) is 4. The van der Waals surface area contributed by atoms with Gasteiger partial charge in [0.1, 0.15) is 16.8 Å². The molecule has 0 aliphatic heterocycles. The van der Waals surface area contributed by atoms with Crippen LogP contribution in [0.2, 0.25) is 10.4 Å². The van der Waals surface area contributed by atoms with Crippen LogP contribution in [0.15, 0.2) is 30.3 Å². The fourth-order valence-electron chi connectivity index (χ4n) is 5.21. The molecule has 3 aliphatic rings. The summed E-state index contributed by atoms with van der Waals surface area (Å²) in [6.45, 7) is 0. The fraction of sp³-hybridized carbons (Fsp3) is 0.263. The Kier molecular flexibility index (Phi) is 2.93. The van der Waals surface area contributed by atoms with E-state index >= 15 is 0 Å². The first-order valence-corrected chi connectivity index (χ1v) is 9.29. The van der Waals surface area contributed by atoms with Gasteiger partial charge < -0.3 is 0 Å². The Balaban J connectivity index is 1.52. The molecule has 4 atom stereocenters. The minimum absolute atomic E-state index is 0.0963. The minimum atomic E-state index is -0.649. The molecule has 3 aliphatic carbocycles. The van der Waals surface area contributed by atoms with Crippen molar-refractivity contribution in [2.75, 3.05) is 0 Å². The fourth-order valence-corrected chi connectivity index (χ4v) is 5.62. The molecule has 0 spiro atoms. The van der Waals surface area contributed by atoms with Gasteiger partial charge in [-0.3, -0.25) is 0 Å². The zero-order valence-corrected chi connectivity index (χ0v) is 15.1. The highest BCUT2D eigenvalue weighted by molar-refractivity contribution is 6.31. The summed E-state index contributed by atoms with van der Waals surface area (Å²) < 4.78 is 28.3. The molecule has 1 aromatic carbocycles. The van der Waals surface area contributed by atoms with Crippen LogP contribution in [0, 0.1) is 23.5 Å². The highest BCUT2D eigenvalue weighted by Gasteiger charge is 2.79. The summed E-state index contributed by atoms with van der Waals surface area (Å²) in [4.78, 5) is 8.31. The number of hydrogen-bond donors (Lipinski definition) is 0. The predicted molar refractivity (Wildman–Crippen MR) is 94.6 cm³/mol. The molecule has 0 radical (unpaired) electrons. The molecule has 4 nitrogen and oxygen atoms in total. The Bertz CT molecular complexity index is 1110. The second-order valence-electron chi connectivity index (χ2n) is 7.37. The van der Waals surface area contributed by atoms with E-state index in [4.69, 9.17) is 23.2 Å². The van der Waals surface area contributed by atoms with Gasteiger partial charge in [-0.1, -0.05) is 17.7 Å². The lowest BCUT2D eigenvalue weighted by Crippen LogP contribution is -2.40. The van der Waals surface area contributed by atoms with E-state index < -0.39 is 11.6 Å². The van der Waals surface area contributed by atoms with Gasteiger partial charge in [0.15, 0.2) is 0 Å². The van der Waals surface area contributed by atoms with Crippen molar-refractivity contribution < 1.29 is 8.78 Å². The molecule has 2 unspecified atom stereocenters. The van der Waals surface area contributed by atoms with Gasteiger partial charge in [0.2, 0.25) is 5.28 Å². The lowest BCUT2D eigenvalue weighted by Gasteiger charge is -2.40. The number of aromatic nitrogens is 4. The van der Waals surface area contributed by atoms with Gasteiger partial charge in [-0.25, -0.2) is 18.7 Å². The average Bonchev–Trinajstić information content (AvgIpc) is 3.14. The van der Waals surface area contributed by atoms with Crippen molar-refractivity contribution in [2.45, 2.75) is 17.8 Å². The molecular weight excluding hydrogens is 393 g/mol. The van der Waals surface area contributed by atoms with Gasteiger partial charge in [0, 0.05) is 0 Å². The van der Waals surface area contributed by atoms with E-state index in [2.05, 4.69) is 20.2 Å². The summed E-state index contributed by atoms with van der Waals surface area (Å²) in [7, 11) is 0. The Labute approximate surface area is 162 Å². The van der Waals surface area contributed by atoms with E-state index in [-0.39, 0.29) is 27.1 Å². The molecule has 0 amide bonds. The summed E-state index contributed by atoms with van der Waals surface area (Å²) in [5.74, 6) is -0.0821. The third-order valence-electron chi connectivity index (χ3n) is 6.24. The third kappa shape index (κ3) is 1.87. The SMILES string of the molecule is Fc1cccc(F)c1-c1cc2c(nn1)[C@@]1(c3cc(Cl)nc(Cl)n3)CC3C1[C@H]23. The quantitative estimate of drug-likeness (QED) is 0.465. The normalized spacial score (nSPS) is 29.1. The van der Waals surface area contributed by atoms with Crippen LogP contribution in [0.1, 0.15) is 29.3 Å². The maximum Gasteiger partial charge on any atom is 0.224 e. The Morgan fingerprint density at radius 2 is 1.81 bits per heavy atom. The first-order valence-electron chi connectivity index (χ1n) is 8.54. The van der Waals surface area contributed by atoms with Crippen molar-refractivity contribution in [3.8, 4) is 11.3 Å². The van der Waals surface area contributed by atoms with Gasteiger partial charge >= 0.3 is 0 Å². The van der Waals surface area contributed by atoms with E-state index in [1.54, 1.807) is 12.1 Å². The molecular formula is C19H10Cl2F2N4. The molecule has 2 heterocycles. The average molecular weight is 403 g/mol. The van der Waals surface area contributed by atoms with Crippen molar-refractivity contribution in [1.29, 1.82) is 0 Å². The molecule has 0 saturated heterocycles. The Morgan fingerprint density at radius 3 is 2.56 bits per heavy atom. The molecule has 0 N–H and O–H groups in total. The van der Waals surface area contributed by atoms with E-state index in [0.717, 1.165) is 23.4 Å². The van der Waals surface area contributed by atoms with Crippen LogP contribution >= 0.6 is 23.2 Å². The molecule has 8 heteroatoms. The molecule has 0 bridgehead atoms. The van der Waals surface area contributed by atoms with Crippen LogP contribution in [0.4, 0.5) is 8.78 Å². The van der Waals surface area contributed by atoms with Crippen molar-refractivity contribution in [3.63, 3.8) is 0 Å². The zero-order chi connectivity index (χ0) is 18.5. The van der Waals surface area contributed by atoms with Gasteiger partial charge in [0.25, 0.3) is 0 Å². The van der Waals surface area contributed by atoms with Crippen LogP contribution in [-0.2, 0) is 5.41 Å². The van der Waals surface area contributed by atoms with Crippen molar-refractivity contribution in [3.05, 3.63) is 69.4 Å². The molecule has 6 rings (SSSR count). The summed E-state index contributed by atoms with van der Waals surface area (Å²) in [5, 5.41) is 8.92. The van der Waals surface area contributed by atoms with Crippen LogP contribution in [0.3, 0.4) is 0 Å². The number of benzene rings is 1. The van der Waals surface area contributed by atoms with Crippen molar-refractivity contribution >= 4 is 23.2 Å². The zero-order valence-electron chi connectivity index (χ0n) is 13.6. The number of fused-ring (bicyclic) bond motifs is 4. The van der Waals surface area contributed by atoms with Crippen LogP contribution in [0.25, 0.3) is 11.3 Å². The number of hydrogen-bond acceptors (Lipinski definition) is 4. The van der Waals surface area contributed by atoms with E-state index in [1.807, 2.05) is 0 Å². The highest BCUT2D eigenvalue weighted by atomic mass is 35.5. The summed E-state index contributed by atoms with van der Waals surface area (Å²) in [5.41, 5.74) is 2.24. The topological polar surface area (TPSA) is 51.6 Å². The van der Waals surface area contributed by atoms with Gasteiger partial charge in [-0.15, -0.1) is 5.10 Å². The van der Waals surface area contributed by atoms with Gasteiger partial charge in [0.05, 0.1) is 28.1 Å². The lowest BCUT2D eigenvalue weighted by molar-refractivity contribution is 0.259. The van der Waals surface area contributed by atoms with Crippen molar-refractivity contribution in [1.82, 2.24) is 20.2 Å². The molecule has 3 aromatic rings. The smallest absolute Gasteiger partial charge is 0.222 e. The number of rotatable bonds is 2. The van der Waals surface area contributed by atoms with E-state index in [9.17, 15) is 8.78 Å². The Morgan fingerprint density at radius 1 is 1.04 bits per heavy atom. The second kappa shape index (κ2) is 5.00. The van der Waals surface area contributed by atoms with Crippen LogP contribution < -0.4 is 0 Å². The van der Waals surface area contributed by atoms with E-state index in [1.165, 1.54) is 18.2 Å². The maximum atomic E-state index is 14.2. The summed E-state index contributed by atoms with van der Waals surface area (Å²) in [6, 6.07) is 7.26. The van der Waals surface area contributed by atoms with Gasteiger partial charge in [-0.2, -0.15) is 5.10 Å². The van der Waals surface area contributed by atoms with Crippen molar-refractivity contribution in [2.24, 2.45) is 11.8 Å². The maximum absolute atomic E-state index is 14.2. The lowest BCUT2D eigenvalue weighted by atomic mass is 9.64. The summed E-state index contributed by atoms with van der Waals surface area (Å²) >= 11 is 12.1. The van der Waals surface area contributed by atoms with Crippen LogP contribution in [0.5, 0.6) is 0 Å². The number of halogens is 4. The minimum Gasteiger partial charge on any atom is -0.222 e. The molecule has 2 fully saturated rings. The highest BCUT2D eigenvalue weighted by Crippen LogP contribution is 2.82. The second-order valence-corrected chi connectivity index (χ2v) is 8.09. The predicted octanol–water partition coefficient (Wildman–Crippen LogP) is 4.55. The molecule has 134 valence electrons. The molecule has 27 heavy (non-hydrogen) atoms. The standard InChI is InChI=1S/C19H10Cl2F2N4/c20-13-5-12(24-18(21)25-13)19-6-8-14(16(8)19)7-4-11(26-27-17(7)19)15-9(22)2-1-3-10(15)23/h1-5,8,14,16H,6H2/t8?,14-,16?,19-/m1/s1. The monoisotopic (exact) mass is 402 g/mol. The molecule has 2 saturated carbocycles.